The summed E-state index contributed by atoms with van der Waals surface area (Å²) in [5.74, 6) is 0.0869. The standard InChI is InChI=1S/C10H10FN3S/c1-15-6-2-3-7(8(11)4-6)9-5-10(12)14-13-9/h2-5H,1H3,(H3,12,13,14). The van der Waals surface area contributed by atoms with Crippen LogP contribution in [0, 0.1) is 5.82 Å². The van der Waals surface area contributed by atoms with Gasteiger partial charge in [-0.05, 0) is 24.5 Å². The molecule has 0 atom stereocenters. The second kappa shape index (κ2) is 3.94. The Morgan fingerprint density at radius 1 is 1.40 bits per heavy atom. The second-order valence-electron chi connectivity index (χ2n) is 3.05. The minimum Gasteiger partial charge on any atom is -0.382 e. The minimum absolute atomic E-state index is 0.273. The predicted molar refractivity (Wildman–Crippen MR) is 60.2 cm³/mol. The molecule has 2 aromatic rings. The van der Waals surface area contributed by atoms with Crippen LogP contribution >= 0.6 is 11.8 Å². The maximum Gasteiger partial charge on any atom is 0.145 e. The molecule has 0 fully saturated rings. The van der Waals surface area contributed by atoms with E-state index in [-0.39, 0.29) is 5.82 Å². The highest BCUT2D eigenvalue weighted by molar-refractivity contribution is 7.98. The van der Waals surface area contributed by atoms with Gasteiger partial charge < -0.3 is 5.73 Å². The molecule has 0 aliphatic carbocycles. The summed E-state index contributed by atoms with van der Waals surface area (Å²) >= 11 is 1.50. The Morgan fingerprint density at radius 2 is 2.20 bits per heavy atom. The fourth-order valence-corrected chi connectivity index (χ4v) is 1.74. The number of H-pyrrole nitrogens is 1. The quantitative estimate of drug-likeness (QED) is 0.769. The first-order chi connectivity index (χ1) is 7.20. The summed E-state index contributed by atoms with van der Waals surface area (Å²) in [5, 5.41) is 6.44. The third-order valence-corrected chi connectivity index (χ3v) is 2.79. The normalized spacial score (nSPS) is 10.5. The van der Waals surface area contributed by atoms with Gasteiger partial charge in [-0.25, -0.2) is 4.39 Å². The van der Waals surface area contributed by atoms with E-state index in [9.17, 15) is 4.39 Å². The van der Waals surface area contributed by atoms with Crippen LogP contribution in [-0.4, -0.2) is 16.5 Å². The Balaban J connectivity index is 2.45. The third kappa shape index (κ3) is 1.97. The zero-order valence-electron chi connectivity index (χ0n) is 8.12. The van der Waals surface area contributed by atoms with Crippen LogP contribution in [0.3, 0.4) is 0 Å². The molecule has 5 heteroatoms. The number of hydrogen-bond donors (Lipinski definition) is 2. The maximum atomic E-state index is 13.6. The molecule has 3 N–H and O–H groups in total. The highest BCUT2D eigenvalue weighted by atomic mass is 32.2. The lowest BCUT2D eigenvalue weighted by atomic mass is 10.1. The van der Waals surface area contributed by atoms with Crippen molar-refractivity contribution in [3.05, 3.63) is 30.1 Å². The predicted octanol–water partition coefficient (Wildman–Crippen LogP) is 2.52. The highest BCUT2D eigenvalue weighted by Gasteiger charge is 2.08. The Hall–Kier alpha value is -1.49. The molecule has 0 saturated heterocycles. The molecular weight excluding hydrogens is 213 g/mol. The van der Waals surface area contributed by atoms with Gasteiger partial charge in [-0.2, -0.15) is 5.10 Å². The number of nitrogens with one attached hydrogen (secondary N) is 1. The molecule has 0 aliphatic heterocycles. The van der Waals surface area contributed by atoms with E-state index >= 15 is 0 Å². The molecule has 2 rings (SSSR count). The average Bonchev–Trinajstić information content (AvgIpc) is 2.64. The summed E-state index contributed by atoms with van der Waals surface area (Å²) in [7, 11) is 0. The van der Waals surface area contributed by atoms with E-state index in [1.54, 1.807) is 12.1 Å². The summed E-state index contributed by atoms with van der Waals surface area (Å²) in [6, 6.07) is 6.68. The lowest BCUT2D eigenvalue weighted by Gasteiger charge is -2.01. The van der Waals surface area contributed by atoms with Crippen molar-refractivity contribution in [1.29, 1.82) is 0 Å². The lowest BCUT2D eigenvalue weighted by Crippen LogP contribution is -1.85. The van der Waals surface area contributed by atoms with Gasteiger partial charge in [0.15, 0.2) is 0 Å². The molecule has 0 spiro atoms. The fourth-order valence-electron chi connectivity index (χ4n) is 1.32. The van der Waals surface area contributed by atoms with E-state index in [4.69, 9.17) is 5.73 Å². The molecule has 1 heterocycles. The molecule has 0 unspecified atom stereocenters. The Labute approximate surface area is 90.9 Å². The van der Waals surface area contributed by atoms with Gasteiger partial charge in [-0.15, -0.1) is 11.8 Å². The number of thioether (sulfide) groups is 1. The second-order valence-corrected chi connectivity index (χ2v) is 3.93. The van der Waals surface area contributed by atoms with Crippen LogP contribution in [0.25, 0.3) is 11.3 Å². The number of hydrogen-bond acceptors (Lipinski definition) is 3. The largest absolute Gasteiger partial charge is 0.382 e. The molecule has 15 heavy (non-hydrogen) atoms. The molecule has 1 aromatic heterocycles. The fraction of sp³-hybridized carbons (Fsp3) is 0.100. The van der Waals surface area contributed by atoms with E-state index in [0.717, 1.165) is 4.90 Å². The van der Waals surface area contributed by atoms with E-state index in [1.165, 1.54) is 17.8 Å². The Bertz CT molecular complexity index is 481. The Morgan fingerprint density at radius 3 is 2.73 bits per heavy atom. The monoisotopic (exact) mass is 223 g/mol. The SMILES string of the molecule is CSc1ccc(-c2cc(N)n[nH]2)c(F)c1. The summed E-state index contributed by atoms with van der Waals surface area (Å²) in [6.45, 7) is 0. The van der Waals surface area contributed by atoms with Crippen LogP contribution in [-0.2, 0) is 0 Å². The van der Waals surface area contributed by atoms with E-state index in [2.05, 4.69) is 10.2 Å². The van der Waals surface area contributed by atoms with Crippen molar-refractivity contribution in [1.82, 2.24) is 10.2 Å². The van der Waals surface area contributed by atoms with Gasteiger partial charge in [0.2, 0.25) is 0 Å². The molecular formula is C10H10FN3S. The first-order valence-corrected chi connectivity index (χ1v) is 5.58. The van der Waals surface area contributed by atoms with Crippen LogP contribution in [0.1, 0.15) is 0 Å². The van der Waals surface area contributed by atoms with Gasteiger partial charge in [0.1, 0.15) is 11.6 Å². The number of aromatic nitrogens is 2. The molecule has 0 aliphatic rings. The average molecular weight is 223 g/mol. The number of halogens is 1. The number of rotatable bonds is 2. The number of aromatic amines is 1. The van der Waals surface area contributed by atoms with Gasteiger partial charge in [0.05, 0.1) is 5.69 Å². The van der Waals surface area contributed by atoms with Crippen LogP contribution in [0.4, 0.5) is 10.2 Å². The van der Waals surface area contributed by atoms with Gasteiger partial charge >= 0.3 is 0 Å². The topological polar surface area (TPSA) is 54.7 Å². The van der Waals surface area contributed by atoms with Crippen molar-refractivity contribution >= 4 is 17.6 Å². The number of nitrogens with zero attached hydrogens (tertiary/aromatic N) is 1. The van der Waals surface area contributed by atoms with E-state index in [0.29, 0.717) is 17.1 Å². The van der Waals surface area contributed by atoms with E-state index < -0.39 is 0 Å². The zero-order chi connectivity index (χ0) is 10.8. The van der Waals surface area contributed by atoms with Gasteiger partial charge in [-0.3, -0.25) is 5.10 Å². The van der Waals surface area contributed by atoms with Gasteiger partial charge in [0, 0.05) is 16.5 Å². The number of nitrogen functional groups attached to an aromatic ring is 1. The number of benzene rings is 1. The van der Waals surface area contributed by atoms with Crippen LogP contribution < -0.4 is 5.73 Å². The van der Waals surface area contributed by atoms with Crippen molar-refractivity contribution in [2.45, 2.75) is 4.90 Å². The van der Waals surface area contributed by atoms with Crippen molar-refractivity contribution in [3.63, 3.8) is 0 Å². The Kier molecular flexibility index (Phi) is 2.64. The maximum absolute atomic E-state index is 13.6. The molecule has 78 valence electrons. The van der Waals surface area contributed by atoms with Crippen molar-refractivity contribution in [2.24, 2.45) is 0 Å². The highest BCUT2D eigenvalue weighted by Crippen LogP contribution is 2.25. The summed E-state index contributed by atoms with van der Waals surface area (Å²) < 4.78 is 13.6. The lowest BCUT2D eigenvalue weighted by molar-refractivity contribution is 0.627. The van der Waals surface area contributed by atoms with Gasteiger partial charge in [0.25, 0.3) is 0 Å². The number of anilines is 1. The van der Waals surface area contributed by atoms with Crippen molar-refractivity contribution in [3.8, 4) is 11.3 Å². The summed E-state index contributed by atoms with van der Waals surface area (Å²) in [5.41, 5.74) is 6.53. The first kappa shape index (κ1) is 10.0. The summed E-state index contributed by atoms with van der Waals surface area (Å²) in [4.78, 5) is 0.892. The summed E-state index contributed by atoms with van der Waals surface area (Å²) in [6.07, 6.45) is 1.91. The molecule has 3 nitrogen and oxygen atoms in total. The minimum atomic E-state index is -0.273. The first-order valence-electron chi connectivity index (χ1n) is 4.35. The molecule has 0 bridgehead atoms. The molecule has 0 saturated carbocycles. The third-order valence-electron chi connectivity index (χ3n) is 2.06. The zero-order valence-corrected chi connectivity index (χ0v) is 8.94. The number of nitrogens with two attached hydrogens (primary N) is 1. The molecule has 1 aromatic carbocycles. The van der Waals surface area contributed by atoms with Gasteiger partial charge in [-0.1, -0.05) is 0 Å². The smallest absolute Gasteiger partial charge is 0.145 e. The molecule has 0 amide bonds. The van der Waals surface area contributed by atoms with Crippen molar-refractivity contribution in [2.75, 3.05) is 12.0 Å². The van der Waals surface area contributed by atoms with Crippen LogP contribution in [0.15, 0.2) is 29.2 Å². The van der Waals surface area contributed by atoms with Crippen LogP contribution in [0.2, 0.25) is 0 Å². The molecule has 0 radical (unpaired) electrons. The van der Waals surface area contributed by atoms with E-state index in [1.807, 2.05) is 12.3 Å². The van der Waals surface area contributed by atoms with Crippen LogP contribution in [0.5, 0.6) is 0 Å². The van der Waals surface area contributed by atoms with Crippen molar-refractivity contribution < 1.29 is 4.39 Å².